The number of nitrogens with two attached hydrogens (primary N) is 1. The van der Waals surface area contributed by atoms with Gasteiger partial charge in [-0.3, -0.25) is 0 Å². The van der Waals surface area contributed by atoms with E-state index in [9.17, 15) is 4.79 Å². The third-order valence-corrected chi connectivity index (χ3v) is 7.67. The van der Waals surface area contributed by atoms with Crippen molar-refractivity contribution in [2.24, 2.45) is 17.6 Å². The van der Waals surface area contributed by atoms with Crippen LogP contribution in [0.2, 0.25) is 0 Å². The Morgan fingerprint density at radius 1 is 1.30 bits per heavy atom. The number of rotatable bonds is 8. The molecule has 2 N–H and O–H groups in total. The summed E-state index contributed by atoms with van der Waals surface area (Å²) in [6, 6.07) is 0. The van der Waals surface area contributed by atoms with Crippen LogP contribution in [-0.2, 0) is 9.53 Å². The summed E-state index contributed by atoms with van der Waals surface area (Å²) < 4.78 is 5.62. The van der Waals surface area contributed by atoms with E-state index >= 15 is 0 Å². The predicted octanol–water partition coefficient (Wildman–Crippen LogP) is -1.42. The van der Waals surface area contributed by atoms with Crippen LogP contribution in [0.4, 0.5) is 0 Å². The summed E-state index contributed by atoms with van der Waals surface area (Å²) in [6.07, 6.45) is 0. The zero-order chi connectivity index (χ0) is 16.1. The number of ether oxygens (including phenoxy) is 1. The first kappa shape index (κ1) is 20.1. The molecular weight excluding hydrogens is 367 g/mol. The van der Waals surface area contributed by atoms with Crippen molar-refractivity contribution in [3.05, 3.63) is 0 Å². The Morgan fingerprint density at radius 3 is 2.15 bits per heavy atom. The minimum absolute atomic E-state index is 0.0176. The molecule has 0 aliphatic heterocycles. The normalized spacial score (nSPS) is 16.3. The number of esters is 1. The van der Waals surface area contributed by atoms with Gasteiger partial charge in [-0.15, -0.1) is 0 Å². The van der Waals surface area contributed by atoms with Crippen molar-refractivity contribution in [1.82, 2.24) is 4.90 Å². The van der Waals surface area contributed by atoms with Gasteiger partial charge in [-0.25, -0.2) is 0 Å². The van der Waals surface area contributed by atoms with Crippen LogP contribution in [-0.4, -0.2) is 52.0 Å². The molecule has 0 saturated carbocycles. The van der Waals surface area contributed by atoms with Crippen LogP contribution in [0.1, 0.15) is 34.6 Å². The summed E-state index contributed by atoms with van der Waals surface area (Å²) >= 11 is 0.0176. The molecule has 20 heavy (non-hydrogen) atoms. The molecule has 0 bridgehead atoms. The van der Waals surface area contributed by atoms with Gasteiger partial charge in [0.05, 0.1) is 0 Å². The first-order valence-corrected chi connectivity index (χ1v) is 10.3. The fourth-order valence-corrected chi connectivity index (χ4v) is 3.48. The molecule has 0 aromatic rings. The van der Waals surface area contributed by atoms with Gasteiger partial charge >= 0.3 is 135 Å². The number of hydrogen-bond donors (Lipinski definition) is 1. The SMILES string of the molecule is C[I-]C(C)(C)C(C)C(C(=O)OCCN(C)C)C(C)(C)N. The molecule has 4 nitrogen and oxygen atoms in total. The van der Waals surface area contributed by atoms with Crippen molar-refractivity contribution in [2.45, 2.75) is 43.6 Å². The van der Waals surface area contributed by atoms with Gasteiger partial charge in [0.25, 0.3) is 0 Å². The molecule has 0 aromatic carbocycles. The van der Waals surface area contributed by atoms with Crippen LogP contribution in [0.15, 0.2) is 0 Å². The van der Waals surface area contributed by atoms with Gasteiger partial charge in [0.15, 0.2) is 0 Å². The van der Waals surface area contributed by atoms with Gasteiger partial charge in [-0.2, -0.15) is 0 Å². The van der Waals surface area contributed by atoms with E-state index in [4.69, 9.17) is 10.5 Å². The van der Waals surface area contributed by atoms with E-state index in [-0.39, 0.29) is 42.4 Å². The maximum atomic E-state index is 12.5. The van der Waals surface area contributed by atoms with Crippen LogP contribution in [0.25, 0.3) is 0 Å². The second kappa shape index (κ2) is 7.94. The molecule has 2 unspecified atom stereocenters. The molecule has 0 aromatic heterocycles. The molecule has 122 valence electrons. The van der Waals surface area contributed by atoms with Crippen LogP contribution in [0.5, 0.6) is 0 Å². The summed E-state index contributed by atoms with van der Waals surface area (Å²) in [6.45, 7) is 11.6. The molecule has 0 radical (unpaired) electrons. The van der Waals surface area contributed by atoms with Gasteiger partial charge in [0.1, 0.15) is 0 Å². The van der Waals surface area contributed by atoms with Gasteiger partial charge in [0, 0.05) is 0 Å². The second-order valence-electron chi connectivity index (χ2n) is 6.81. The molecule has 0 aliphatic carbocycles. The second-order valence-corrected chi connectivity index (χ2v) is 10.7. The Hall–Kier alpha value is 0.120. The minimum atomic E-state index is -0.565. The summed E-state index contributed by atoms with van der Waals surface area (Å²) in [5.41, 5.74) is 5.70. The fraction of sp³-hybridized carbons (Fsp3) is 0.933. The topological polar surface area (TPSA) is 55.6 Å². The average Bonchev–Trinajstić information content (AvgIpc) is 2.26. The molecule has 5 heteroatoms. The fourth-order valence-electron chi connectivity index (χ4n) is 2.14. The number of hydrogen-bond acceptors (Lipinski definition) is 4. The molecule has 0 heterocycles. The molecule has 2 atom stereocenters. The number of carbonyl (C=O) groups excluding carboxylic acids is 1. The van der Waals surface area contributed by atoms with E-state index in [0.717, 1.165) is 6.54 Å². The Morgan fingerprint density at radius 2 is 1.80 bits per heavy atom. The quantitative estimate of drug-likeness (QED) is 0.309. The molecule has 0 spiro atoms. The third kappa shape index (κ3) is 6.26. The van der Waals surface area contributed by atoms with Crippen LogP contribution in [0.3, 0.4) is 0 Å². The molecule has 0 fully saturated rings. The monoisotopic (exact) mass is 399 g/mol. The Kier molecular flexibility index (Phi) is 7.99. The summed E-state index contributed by atoms with van der Waals surface area (Å²) in [7, 11) is 3.93. The first-order valence-electron chi connectivity index (χ1n) is 7.04. The van der Waals surface area contributed by atoms with Gasteiger partial charge < -0.3 is 0 Å². The van der Waals surface area contributed by atoms with Crippen molar-refractivity contribution < 1.29 is 30.7 Å². The molecule has 0 saturated heterocycles. The summed E-state index contributed by atoms with van der Waals surface area (Å²) in [4.78, 5) is 16.7. The van der Waals surface area contributed by atoms with E-state index in [1.165, 1.54) is 0 Å². The number of nitrogens with zero attached hydrogens (tertiary/aromatic N) is 1. The predicted molar refractivity (Wildman–Crippen MR) is 80.4 cm³/mol. The summed E-state index contributed by atoms with van der Waals surface area (Å²) in [5.74, 6) is -0.205. The van der Waals surface area contributed by atoms with Crippen molar-refractivity contribution >= 4 is 5.97 Å². The number of alkyl halides is 2. The number of likely N-dealkylation sites (N-methyl/N-ethyl adjacent to an activating group) is 1. The Bertz CT molecular complexity index is 311. The van der Waals surface area contributed by atoms with Crippen LogP contribution < -0.4 is 26.9 Å². The van der Waals surface area contributed by atoms with E-state index < -0.39 is 5.54 Å². The van der Waals surface area contributed by atoms with Crippen LogP contribution >= 0.6 is 0 Å². The van der Waals surface area contributed by atoms with E-state index in [1.807, 2.05) is 32.8 Å². The number of halogens is 1. The van der Waals surface area contributed by atoms with E-state index in [1.54, 1.807) is 0 Å². The van der Waals surface area contributed by atoms with Gasteiger partial charge in [-0.05, 0) is 0 Å². The Labute approximate surface area is 135 Å². The molecule has 0 rings (SSSR count). The first-order chi connectivity index (χ1) is 8.93. The molecule has 0 aliphatic rings. The standard InChI is InChI=1S/C15H32IN2O2/c1-11(14(2,3)16-6)12(15(4,5)17)13(19)20-10-9-18(7)8/h11-12H,9-10,17H2,1-8H3/q-1. The number of carbonyl (C=O) groups is 1. The van der Waals surface area contributed by atoms with E-state index in [0.29, 0.717) is 6.61 Å². The van der Waals surface area contributed by atoms with Crippen molar-refractivity contribution in [1.29, 1.82) is 0 Å². The molecule has 0 amide bonds. The van der Waals surface area contributed by atoms with Crippen LogP contribution in [0, 0.1) is 11.8 Å². The molecular formula is C15H32IN2O2-. The average molecular weight is 399 g/mol. The van der Waals surface area contributed by atoms with Crippen molar-refractivity contribution in [2.75, 3.05) is 32.2 Å². The zero-order valence-corrected chi connectivity index (χ0v) is 16.4. The maximum absolute atomic E-state index is 12.5. The van der Waals surface area contributed by atoms with Crippen molar-refractivity contribution in [3.63, 3.8) is 0 Å². The van der Waals surface area contributed by atoms with Crippen molar-refractivity contribution in [3.8, 4) is 0 Å². The Balaban J connectivity index is 4.95. The third-order valence-electron chi connectivity index (χ3n) is 3.91. The van der Waals surface area contributed by atoms with Gasteiger partial charge in [-0.1, -0.05) is 0 Å². The van der Waals surface area contributed by atoms with Gasteiger partial charge in [0.2, 0.25) is 0 Å². The zero-order valence-electron chi connectivity index (χ0n) is 14.3. The van der Waals surface area contributed by atoms with E-state index in [2.05, 4.69) is 25.7 Å². The summed E-state index contributed by atoms with van der Waals surface area (Å²) in [5, 5.41) is 0.